The van der Waals surface area contributed by atoms with Crippen LogP contribution < -0.4 is 0 Å². The van der Waals surface area contributed by atoms with Crippen molar-refractivity contribution in [3.05, 3.63) is 25.3 Å². The summed E-state index contributed by atoms with van der Waals surface area (Å²) in [6.07, 6.45) is 4.66. The average Bonchev–Trinajstić information content (AvgIpc) is 2.11. The Labute approximate surface area is 77.8 Å². The first-order chi connectivity index (χ1) is 5.85. The highest BCUT2D eigenvalue weighted by molar-refractivity contribution is 5.97. The molecule has 0 aromatic heterocycles. The maximum Gasteiger partial charge on any atom is 0.145 e. The first-order valence-corrected chi connectivity index (χ1v) is 4.98. The van der Waals surface area contributed by atoms with Crippen molar-refractivity contribution in [2.24, 2.45) is 5.92 Å². The van der Waals surface area contributed by atoms with Gasteiger partial charge in [0.15, 0.2) is 0 Å². The number of hydrogen-bond acceptors (Lipinski definition) is 2. The number of hydrogen-bond donors (Lipinski definition) is 0. The van der Waals surface area contributed by atoms with E-state index in [-0.39, 0.29) is 5.92 Å². The van der Waals surface area contributed by atoms with E-state index in [0.717, 1.165) is 30.1 Å². The summed E-state index contributed by atoms with van der Waals surface area (Å²) < 4.78 is 10.4. The minimum atomic E-state index is 0.280. The summed E-state index contributed by atoms with van der Waals surface area (Å²) in [6, 6.07) is 0. The van der Waals surface area contributed by atoms with E-state index in [4.69, 9.17) is 9.16 Å². The van der Waals surface area contributed by atoms with Gasteiger partial charge >= 0.3 is 0 Å². The normalized spacial score (nSPS) is 10.4. The van der Waals surface area contributed by atoms with Crippen LogP contribution in [0.5, 0.6) is 0 Å². The lowest BCUT2D eigenvalue weighted by Gasteiger charge is -2.07. The van der Waals surface area contributed by atoms with E-state index in [1.165, 1.54) is 0 Å². The van der Waals surface area contributed by atoms with Crippen LogP contribution >= 0.6 is 0 Å². The summed E-state index contributed by atoms with van der Waals surface area (Å²) in [5, 5.41) is 0. The first-order valence-electron chi connectivity index (χ1n) is 4.17. The van der Waals surface area contributed by atoms with Gasteiger partial charge in [-0.1, -0.05) is 12.2 Å². The Hall–Kier alpha value is -0.383. The van der Waals surface area contributed by atoms with Crippen LogP contribution in [-0.4, -0.2) is 30.3 Å². The fourth-order valence-electron chi connectivity index (χ4n) is 0.757. The van der Waals surface area contributed by atoms with Crippen LogP contribution in [0.2, 0.25) is 0 Å². The highest BCUT2D eigenvalue weighted by atomic mass is 28.2. The molecule has 70 valence electrons. The topological polar surface area (TPSA) is 18.5 Å². The third-order valence-electron chi connectivity index (χ3n) is 1.55. The second kappa shape index (κ2) is 8.71. The van der Waals surface area contributed by atoms with Gasteiger partial charge in [0, 0.05) is 19.1 Å². The molecule has 0 spiro atoms. The molecule has 0 aromatic rings. The Morgan fingerprint density at radius 1 is 1.25 bits per heavy atom. The molecule has 0 atom stereocenters. The van der Waals surface area contributed by atoms with E-state index in [9.17, 15) is 0 Å². The van der Waals surface area contributed by atoms with Gasteiger partial charge in [-0.25, -0.2) is 0 Å². The molecule has 0 aliphatic rings. The molecule has 0 saturated heterocycles. The minimum Gasteiger partial charge on any atom is -0.428 e. The van der Waals surface area contributed by atoms with E-state index < -0.39 is 0 Å². The molecule has 0 aliphatic heterocycles. The Kier molecular flexibility index (Phi) is 8.43. The zero-order chi connectivity index (χ0) is 9.23. The Morgan fingerprint density at radius 2 is 1.92 bits per heavy atom. The molecule has 0 fully saturated rings. The third-order valence-corrected chi connectivity index (χ3v) is 1.96. The van der Waals surface area contributed by atoms with Gasteiger partial charge < -0.3 is 9.16 Å². The van der Waals surface area contributed by atoms with Crippen molar-refractivity contribution in [3.63, 3.8) is 0 Å². The summed E-state index contributed by atoms with van der Waals surface area (Å²) in [6.45, 7) is 9.62. The molecule has 0 aliphatic carbocycles. The maximum atomic E-state index is 5.37. The van der Waals surface area contributed by atoms with Gasteiger partial charge in [0.1, 0.15) is 10.5 Å². The summed E-state index contributed by atoms with van der Waals surface area (Å²) in [5.41, 5.74) is 0. The van der Waals surface area contributed by atoms with Gasteiger partial charge in [0.05, 0.1) is 6.61 Å². The van der Waals surface area contributed by atoms with Crippen molar-refractivity contribution >= 4 is 10.5 Å². The van der Waals surface area contributed by atoms with Crippen LogP contribution in [0.3, 0.4) is 0 Å². The highest BCUT2D eigenvalue weighted by Crippen LogP contribution is 1.99. The molecule has 0 rings (SSSR count). The van der Waals surface area contributed by atoms with Crippen LogP contribution in [0.4, 0.5) is 0 Å². The number of ether oxygens (including phenoxy) is 1. The van der Waals surface area contributed by atoms with Gasteiger partial charge in [-0.05, 0) is 6.42 Å². The first kappa shape index (κ1) is 11.6. The molecular weight excluding hydrogens is 168 g/mol. The summed E-state index contributed by atoms with van der Waals surface area (Å²) in [4.78, 5) is 0. The fraction of sp³-hybridized carbons (Fsp3) is 0.556. The molecule has 0 amide bonds. The van der Waals surface area contributed by atoms with Crippen molar-refractivity contribution in [1.29, 1.82) is 0 Å². The van der Waals surface area contributed by atoms with E-state index in [1.54, 1.807) is 0 Å². The van der Waals surface area contributed by atoms with Crippen molar-refractivity contribution in [1.82, 2.24) is 0 Å². The van der Waals surface area contributed by atoms with Crippen LogP contribution in [-0.2, 0) is 9.16 Å². The second-order valence-corrected chi connectivity index (χ2v) is 3.13. The largest absolute Gasteiger partial charge is 0.428 e. The Balaban J connectivity index is 3.17. The summed E-state index contributed by atoms with van der Waals surface area (Å²) >= 11 is 0. The predicted molar refractivity (Wildman–Crippen MR) is 55.2 cm³/mol. The number of rotatable bonds is 8. The van der Waals surface area contributed by atoms with Crippen molar-refractivity contribution < 1.29 is 9.16 Å². The molecule has 0 unspecified atom stereocenters. The lowest BCUT2D eigenvalue weighted by atomic mass is 10.2. The van der Waals surface area contributed by atoms with Gasteiger partial charge in [0.2, 0.25) is 0 Å². The molecule has 0 bridgehead atoms. The Bertz CT molecular complexity index is 118. The standard InChI is InChI=1S/C9H18O2Si/c1-3-9(4-2)8-10-6-5-7-11-12/h3-4,9H,1-2,5-8H2,12H3. The molecule has 12 heavy (non-hydrogen) atoms. The lowest BCUT2D eigenvalue weighted by molar-refractivity contribution is 0.111. The zero-order valence-electron chi connectivity index (χ0n) is 7.79. The molecule has 0 radical (unpaired) electrons. The molecule has 0 N–H and O–H groups in total. The Morgan fingerprint density at radius 3 is 2.42 bits per heavy atom. The second-order valence-electron chi connectivity index (χ2n) is 2.56. The molecule has 0 saturated carbocycles. The molecule has 2 nitrogen and oxygen atoms in total. The monoisotopic (exact) mass is 186 g/mol. The van der Waals surface area contributed by atoms with Crippen LogP contribution in [0, 0.1) is 5.92 Å². The van der Waals surface area contributed by atoms with E-state index in [2.05, 4.69) is 13.2 Å². The van der Waals surface area contributed by atoms with Crippen molar-refractivity contribution in [2.75, 3.05) is 19.8 Å². The highest BCUT2D eigenvalue weighted by Gasteiger charge is 1.96. The summed E-state index contributed by atoms with van der Waals surface area (Å²) in [5.74, 6) is 0.280. The van der Waals surface area contributed by atoms with Crippen molar-refractivity contribution in [2.45, 2.75) is 6.42 Å². The van der Waals surface area contributed by atoms with E-state index in [1.807, 2.05) is 12.2 Å². The van der Waals surface area contributed by atoms with Crippen LogP contribution in [0.15, 0.2) is 25.3 Å². The SMILES string of the molecule is C=CC(C=C)COCCCO[SiH3]. The van der Waals surface area contributed by atoms with E-state index in [0.29, 0.717) is 6.61 Å². The van der Waals surface area contributed by atoms with Gasteiger partial charge in [-0.3, -0.25) is 0 Å². The molecule has 0 heterocycles. The molecule has 3 heteroatoms. The van der Waals surface area contributed by atoms with E-state index >= 15 is 0 Å². The van der Waals surface area contributed by atoms with Crippen LogP contribution in [0.1, 0.15) is 6.42 Å². The minimum absolute atomic E-state index is 0.280. The van der Waals surface area contributed by atoms with Crippen LogP contribution in [0.25, 0.3) is 0 Å². The fourth-order valence-corrected chi connectivity index (χ4v) is 1.05. The predicted octanol–water partition coefficient (Wildman–Crippen LogP) is 0.678. The smallest absolute Gasteiger partial charge is 0.145 e. The lowest BCUT2D eigenvalue weighted by Crippen LogP contribution is -2.06. The van der Waals surface area contributed by atoms with Gasteiger partial charge in [-0.2, -0.15) is 0 Å². The third kappa shape index (κ3) is 6.33. The molecule has 0 aromatic carbocycles. The van der Waals surface area contributed by atoms with Crippen molar-refractivity contribution in [3.8, 4) is 0 Å². The average molecular weight is 186 g/mol. The van der Waals surface area contributed by atoms with Gasteiger partial charge in [-0.15, -0.1) is 13.2 Å². The maximum absolute atomic E-state index is 5.37. The molecular formula is C9H18O2Si. The summed E-state index contributed by atoms with van der Waals surface area (Å²) in [7, 11) is 0.817. The zero-order valence-corrected chi connectivity index (χ0v) is 9.79. The quantitative estimate of drug-likeness (QED) is 0.315. The van der Waals surface area contributed by atoms with Gasteiger partial charge in [0.25, 0.3) is 0 Å².